The van der Waals surface area contributed by atoms with Gasteiger partial charge in [0.05, 0.1) is 5.56 Å². The first-order valence-electron chi connectivity index (χ1n) is 7.60. The second-order valence-electron chi connectivity index (χ2n) is 5.57. The highest BCUT2D eigenvalue weighted by Gasteiger charge is 2.36. The predicted octanol–water partition coefficient (Wildman–Crippen LogP) is 3.76. The van der Waals surface area contributed by atoms with Crippen molar-refractivity contribution >= 4 is 5.91 Å². The topological polar surface area (TPSA) is 49.3 Å². The number of benzene rings is 2. The van der Waals surface area contributed by atoms with Crippen LogP contribution in [0.4, 0.5) is 17.6 Å². The third kappa shape index (κ3) is 4.17. The van der Waals surface area contributed by atoms with Crippen LogP contribution in [0.5, 0.6) is 0 Å². The van der Waals surface area contributed by atoms with Crippen molar-refractivity contribution in [1.82, 2.24) is 5.32 Å². The number of nitrogens with one attached hydrogen (secondary N) is 1. The number of hydrogen-bond donors (Lipinski definition) is 2. The van der Waals surface area contributed by atoms with Crippen molar-refractivity contribution in [1.29, 1.82) is 0 Å². The van der Waals surface area contributed by atoms with Gasteiger partial charge in [-0.25, -0.2) is 4.39 Å². The van der Waals surface area contributed by atoms with Gasteiger partial charge < -0.3 is 10.4 Å². The molecule has 2 rings (SSSR count). The van der Waals surface area contributed by atoms with E-state index in [-0.39, 0.29) is 12.0 Å². The minimum absolute atomic E-state index is 0.0495. The zero-order valence-electron chi connectivity index (χ0n) is 13.4. The second kappa shape index (κ2) is 7.23. The third-order valence-electron chi connectivity index (χ3n) is 3.95. The maximum absolute atomic E-state index is 13.7. The summed E-state index contributed by atoms with van der Waals surface area (Å²) < 4.78 is 51.9. The van der Waals surface area contributed by atoms with Crippen LogP contribution in [0.2, 0.25) is 0 Å². The number of aliphatic hydroxyl groups is 1. The van der Waals surface area contributed by atoms with E-state index in [0.29, 0.717) is 23.8 Å². The Morgan fingerprint density at radius 3 is 2.28 bits per heavy atom. The molecule has 134 valence electrons. The highest BCUT2D eigenvalue weighted by Crippen LogP contribution is 2.30. The summed E-state index contributed by atoms with van der Waals surface area (Å²) in [6, 6.07) is 10.1. The zero-order valence-corrected chi connectivity index (χ0v) is 13.4. The summed E-state index contributed by atoms with van der Waals surface area (Å²) in [5, 5.41) is 12.9. The first kappa shape index (κ1) is 18.9. The summed E-state index contributed by atoms with van der Waals surface area (Å²) in [4.78, 5) is 12.4. The van der Waals surface area contributed by atoms with Crippen LogP contribution in [0.15, 0.2) is 48.5 Å². The zero-order chi connectivity index (χ0) is 18.7. The highest BCUT2D eigenvalue weighted by atomic mass is 19.4. The fourth-order valence-corrected chi connectivity index (χ4v) is 2.42. The summed E-state index contributed by atoms with van der Waals surface area (Å²) in [6.07, 6.45) is -4.56. The molecule has 3 nitrogen and oxygen atoms in total. The van der Waals surface area contributed by atoms with Crippen LogP contribution in [0, 0.1) is 5.82 Å². The molecule has 0 saturated carbocycles. The molecule has 0 fully saturated rings. The molecule has 0 radical (unpaired) electrons. The lowest BCUT2D eigenvalue weighted by atomic mass is 9.90. The molecule has 2 aromatic carbocycles. The van der Waals surface area contributed by atoms with Gasteiger partial charge in [-0.05, 0) is 30.2 Å². The number of hydrogen-bond acceptors (Lipinski definition) is 2. The van der Waals surface area contributed by atoms with Crippen molar-refractivity contribution < 1.29 is 27.5 Å². The average Bonchev–Trinajstić information content (AvgIpc) is 2.59. The first-order chi connectivity index (χ1) is 11.7. The number of rotatable bonds is 5. The molecule has 0 spiro atoms. The number of halogens is 4. The van der Waals surface area contributed by atoms with E-state index in [1.807, 2.05) is 0 Å². The van der Waals surface area contributed by atoms with Gasteiger partial charge in [0.15, 0.2) is 5.60 Å². The molecular formula is C18H17F4NO2. The molecule has 0 aliphatic carbocycles. The van der Waals surface area contributed by atoms with E-state index in [9.17, 15) is 27.5 Å². The molecule has 1 atom stereocenters. The number of amides is 1. The molecule has 25 heavy (non-hydrogen) atoms. The van der Waals surface area contributed by atoms with Gasteiger partial charge in [-0.15, -0.1) is 0 Å². The SMILES string of the molecule is CC[C@](O)(C(=O)NCc1cc(C(F)(F)F)ccc1F)c1ccccc1. The van der Waals surface area contributed by atoms with E-state index in [0.717, 1.165) is 0 Å². The molecule has 0 saturated heterocycles. The van der Waals surface area contributed by atoms with Gasteiger partial charge in [0, 0.05) is 12.1 Å². The first-order valence-corrected chi connectivity index (χ1v) is 7.60. The van der Waals surface area contributed by atoms with Crippen molar-refractivity contribution in [3.05, 3.63) is 71.0 Å². The molecule has 7 heteroatoms. The normalized spacial score (nSPS) is 14.0. The smallest absolute Gasteiger partial charge is 0.375 e. The molecule has 0 aromatic heterocycles. The molecule has 0 aliphatic rings. The van der Waals surface area contributed by atoms with E-state index in [1.54, 1.807) is 37.3 Å². The Hall–Kier alpha value is -2.41. The van der Waals surface area contributed by atoms with Crippen LogP contribution >= 0.6 is 0 Å². The Morgan fingerprint density at radius 2 is 1.72 bits per heavy atom. The Labute approximate surface area is 142 Å². The second-order valence-corrected chi connectivity index (χ2v) is 5.57. The van der Waals surface area contributed by atoms with Crippen LogP contribution in [0.3, 0.4) is 0 Å². The minimum Gasteiger partial charge on any atom is -0.375 e. The van der Waals surface area contributed by atoms with Gasteiger partial charge in [0.1, 0.15) is 5.82 Å². The lowest BCUT2D eigenvalue weighted by Crippen LogP contribution is -2.43. The van der Waals surface area contributed by atoms with Crippen LogP contribution < -0.4 is 5.32 Å². The number of alkyl halides is 3. The lowest BCUT2D eigenvalue weighted by molar-refractivity contribution is -0.141. The quantitative estimate of drug-likeness (QED) is 0.803. The molecule has 0 heterocycles. The van der Waals surface area contributed by atoms with Crippen molar-refractivity contribution in [2.75, 3.05) is 0 Å². The fourth-order valence-electron chi connectivity index (χ4n) is 2.42. The van der Waals surface area contributed by atoms with Crippen LogP contribution in [-0.4, -0.2) is 11.0 Å². The molecule has 1 amide bonds. The standard InChI is InChI=1S/C18H17F4NO2/c1-2-17(25,13-6-4-3-5-7-13)16(24)23-11-12-10-14(18(20,21)22)8-9-15(12)19/h3-10,25H,2,11H2,1H3,(H,23,24)/t17-/m1/s1. The molecule has 0 unspecified atom stereocenters. The van der Waals surface area contributed by atoms with Crippen molar-refractivity contribution in [2.24, 2.45) is 0 Å². The number of carbonyl (C=O) groups is 1. The summed E-state index contributed by atoms with van der Waals surface area (Å²) in [5.74, 6) is -1.67. The van der Waals surface area contributed by atoms with Crippen LogP contribution in [0.1, 0.15) is 30.0 Å². The molecule has 2 N–H and O–H groups in total. The van der Waals surface area contributed by atoms with Gasteiger partial charge in [-0.3, -0.25) is 4.79 Å². The largest absolute Gasteiger partial charge is 0.416 e. The maximum atomic E-state index is 13.7. The fraction of sp³-hybridized carbons (Fsp3) is 0.278. The van der Waals surface area contributed by atoms with E-state index in [2.05, 4.69) is 5.32 Å². The summed E-state index contributed by atoms with van der Waals surface area (Å²) in [7, 11) is 0. The van der Waals surface area contributed by atoms with Gasteiger partial charge in [-0.1, -0.05) is 37.3 Å². The Morgan fingerprint density at radius 1 is 1.08 bits per heavy atom. The van der Waals surface area contributed by atoms with E-state index < -0.39 is 35.6 Å². The van der Waals surface area contributed by atoms with E-state index in [1.165, 1.54) is 0 Å². The summed E-state index contributed by atoms with van der Waals surface area (Å²) in [6.45, 7) is 1.13. The van der Waals surface area contributed by atoms with Crippen molar-refractivity contribution in [3.8, 4) is 0 Å². The van der Waals surface area contributed by atoms with Crippen LogP contribution in [0.25, 0.3) is 0 Å². The maximum Gasteiger partial charge on any atom is 0.416 e. The van der Waals surface area contributed by atoms with E-state index >= 15 is 0 Å². The van der Waals surface area contributed by atoms with E-state index in [4.69, 9.17) is 0 Å². The Bertz CT molecular complexity index is 746. The summed E-state index contributed by atoms with van der Waals surface area (Å²) >= 11 is 0. The van der Waals surface area contributed by atoms with Gasteiger partial charge in [0.25, 0.3) is 5.91 Å². The minimum atomic E-state index is -4.61. The Kier molecular flexibility index (Phi) is 5.47. The third-order valence-corrected chi connectivity index (χ3v) is 3.95. The monoisotopic (exact) mass is 355 g/mol. The van der Waals surface area contributed by atoms with Gasteiger partial charge in [0.2, 0.25) is 0 Å². The van der Waals surface area contributed by atoms with Gasteiger partial charge in [-0.2, -0.15) is 13.2 Å². The van der Waals surface area contributed by atoms with Crippen molar-refractivity contribution in [2.45, 2.75) is 31.7 Å². The molecule has 0 aliphatic heterocycles. The molecule has 2 aromatic rings. The lowest BCUT2D eigenvalue weighted by Gasteiger charge is -2.26. The van der Waals surface area contributed by atoms with Crippen LogP contribution in [-0.2, 0) is 23.1 Å². The van der Waals surface area contributed by atoms with Crippen molar-refractivity contribution in [3.63, 3.8) is 0 Å². The predicted molar refractivity (Wildman–Crippen MR) is 83.9 cm³/mol. The Balaban J connectivity index is 2.19. The number of carbonyl (C=O) groups excluding carboxylic acids is 1. The highest BCUT2D eigenvalue weighted by molar-refractivity contribution is 5.86. The molecule has 0 bridgehead atoms. The molecular weight excluding hydrogens is 338 g/mol. The average molecular weight is 355 g/mol. The summed E-state index contributed by atoms with van der Waals surface area (Å²) in [5.41, 5.74) is -2.82. The van der Waals surface area contributed by atoms with Gasteiger partial charge >= 0.3 is 6.18 Å².